The van der Waals surface area contributed by atoms with Crippen LogP contribution in [0.3, 0.4) is 0 Å². The molecule has 0 aliphatic carbocycles. The molecule has 29 heavy (non-hydrogen) atoms. The maximum Gasteiger partial charge on any atom is 0.243 e. The first-order chi connectivity index (χ1) is 13.9. The lowest BCUT2D eigenvalue weighted by molar-refractivity contribution is 0.265. The molecule has 1 unspecified atom stereocenters. The van der Waals surface area contributed by atoms with Gasteiger partial charge < -0.3 is 5.32 Å². The van der Waals surface area contributed by atoms with Crippen LogP contribution in [0.15, 0.2) is 59.6 Å². The molecule has 2 aromatic rings. The average Bonchev–Trinajstić information content (AvgIpc) is 2.71. The van der Waals surface area contributed by atoms with Crippen molar-refractivity contribution >= 4 is 33.2 Å². The van der Waals surface area contributed by atoms with Gasteiger partial charge in [-0.25, -0.2) is 12.8 Å². The third kappa shape index (κ3) is 5.72. The number of hydrogen-bond acceptors (Lipinski definition) is 3. The summed E-state index contributed by atoms with van der Waals surface area (Å²) in [5, 5.41) is 3.81. The van der Waals surface area contributed by atoms with Crippen LogP contribution in [-0.4, -0.2) is 32.4 Å². The van der Waals surface area contributed by atoms with Crippen LogP contribution in [0.2, 0.25) is 10.0 Å². The Labute approximate surface area is 181 Å². The van der Waals surface area contributed by atoms with Gasteiger partial charge in [-0.1, -0.05) is 47.5 Å². The fourth-order valence-electron chi connectivity index (χ4n) is 3.37. The first kappa shape index (κ1) is 22.1. The highest BCUT2D eigenvalue weighted by atomic mass is 35.5. The molecule has 1 atom stereocenters. The van der Waals surface area contributed by atoms with E-state index in [9.17, 15) is 12.8 Å². The van der Waals surface area contributed by atoms with Crippen LogP contribution in [0.1, 0.15) is 18.4 Å². The van der Waals surface area contributed by atoms with Crippen molar-refractivity contribution in [1.29, 1.82) is 0 Å². The fraction of sp³-hybridized carbons (Fsp3) is 0.333. The SMILES string of the molecule is O=S(=O)(c1ccc(F)c(Cl)c1)N1CCCC(CN/C=C/Cc2ccccc2Cl)C1. The molecule has 2 aromatic carbocycles. The first-order valence-corrected chi connectivity index (χ1v) is 11.6. The Morgan fingerprint density at radius 3 is 2.72 bits per heavy atom. The summed E-state index contributed by atoms with van der Waals surface area (Å²) >= 11 is 11.9. The van der Waals surface area contributed by atoms with E-state index in [1.54, 1.807) is 0 Å². The van der Waals surface area contributed by atoms with Crippen molar-refractivity contribution in [3.05, 3.63) is 76.2 Å². The molecule has 4 nitrogen and oxygen atoms in total. The molecule has 3 rings (SSSR count). The van der Waals surface area contributed by atoms with Crippen LogP contribution in [-0.2, 0) is 16.4 Å². The highest BCUT2D eigenvalue weighted by molar-refractivity contribution is 7.89. The van der Waals surface area contributed by atoms with Crippen LogP contribution >= 0.6 is 23.2 Å². The monoisotopic (exact) mass is 456 g/mol. The van der Waals surface area contributed by atoms with E-state index in [1.165, 1.54) is 16.4 Å². The molecule has 156 valence electrons. The highest BCUT2D eigenvalue weighted by Crippen LogP contribution is 2.26. The van der Waals surface area contributed by atoms with Gasteiger partial charge in [0, 0.05) is 24.7 Å². The number of allylic oxidation sites excluding steroid dienone is 1. The molecule has 0 bridgehead atoms. The molecular formula is C21H23Cl2FN2O2S. The molecular weight excluding hydrogens is 434 g/mol. The summed E-state index contributed by atoms with van der Waals surface area (Å²) in [5.41, 5.74) is 1.06. The van der Waals surface area contributed by atoms with Crippen molar-refractivity contribution < 1.29 is 12.8 Å². The Morgan fingerprint density at radius 2 is 1.97 bits per heavy atom. The van der Waals surface area contributed by atoms with E-state index in [2.05, 4.69) is 5.32 Å². The predicted molar refractivity (Wildman–Crippen MR) is 115 cm³/mol. The van der Waals surface area contributed by atoms with Gasteiger partial charge in [0.25, 0.3) is 0 Å². The van der Waals surface area contributed by atoms with Gasteiger partial charge in [0.2, 0.25) is 10.0 Å². The Bertz CT molecular complexity index is 982. The van der Waals surface area contributed by atoms with Gasteiger partial charge in [0.1, 0.15) is 5.82 Å². The molecule has 1 heterocycles. The minimum Gasteiger partial charge on any atom is -0.391 e. The van der Waals surface area contributed by atoms with E-state index >= 15 is 0 Å². The van der Waals surface area contributed by atoms with Crippen LogP contribution < -0.4 is 5.32 Å². The number of piperidine rings is 1. The molecule has 0 amide bonds. The Morgan fingerprint density at radius 1 is 1.17 bits per heavy atom. The van der Waals surface area contributed by atoms with Crippen molar-refractivity contribution in [3.63, 3.8) is 0 Å². The van der Waals surface area contributed by atoms with Crippen LogP contribution in [0.25, 0.3) is 0 Å². The third-order valence-electron chi connectivity index (χ3n) is 4.95. The van der Waals surface area contributed by atoms with Crippen molar-refractivity contribution in [1.82, 2.24) is 9.62 Å². The lowest BCUT2D eigenvalue weighted by atomic mass is 10.00. The van der Waals surface area contributed by atoms with Gasteiger partial charge >= 0.3 is 0 Å². The number of benzene rings is 2. The third-order valence-corrected chi connectivity index (χ3v) is 7.47. The van der Waals surface area contributed by atoms with Crippen LogP contribution in [0.5, 0.6) is 0 Å². The number of rotatable bonds is 7. The van der Waals surface area contributed by atoms with E-state index in [0.29, 0.717) is 19.6 Å². The molecule has 8 heteroatoms. The Balaban J connectivity index is 1.54. The Hall–Kier alpha value is -1.60. The summed E-state index contributed by atoms with van der Waals surface area (Å²) in [7, 11) is -3.69. The molecule has 0 saturated carbocycles. The summed E-state index contributed by atoms with van der Waals surface area (Å²) in [4.78, 5) is 0.0251. The standard InChI is InChI=1S/C21H23Cl2FN2O2S/c22-19-8-2-1-6-17(19)7-3-11-25-14-16-5-4-12-26(15-16)29(27,28)18-9-10-21(24)20(23)13-18/h1-3,6,8-11,13,16,25H,4-5,7,12,14-15H2/b11-3+. The second kappa shape index (κ2) is 9.94. The molecule has 0 radical (unpaired) electrons. The predicted octanol–water partition coefficient (Wildman–Crippen LogP) is 4.88. The zero-order valence-electron chi connectivity index (χ0n) is 15.8. The molecule has 0 aromatic heterocycles. The highest BCUT2D eigenvalue weighted by Gasteiger charge is 2.30. The summed E-state index contributed by atoms with van der Waals surface area (Å²) < 4.78 is 40.5. The zero-order chi connectivity index (χ0) is 20.9. The second-order valence-corrected chi connectivity index (χ2v) is 9.81. The van der Waals surface area contributed by atoms with Crippen molar-refractivity contribution in [2.24, 2.45) is 5.92 Å². The van der Waals surface area contributed by atoms with Gasteiger partial charge in [-0.2, -0.15) is 4.31 Å². The first-order valence-electron chi connectivity index (χ1n) is 9.45. The fourth-order valence-corrected chi connectivity index (χ4v) is 5.41. The lowest BCUT2D eigenvalue weighted by Gasteiger charge is -2.32. The average molecular weight is 457 g/mol. The quantitative estimate of drug-likeness (QED) is 0.645. The number of hydrogen-bond donors (Lipinski definition) is 1. The molecule has 1 aliphatic rings. The number of nitrogens with zero attached hydrogens (tertiary/aromatic N) is 1. The normalized spacial score (nSPS) is 18.2. The minimum atomic E-state index is -3.69. The van der Waals surface area contributed by atoms with E-state index in [0.717, 1.165) is 35.9 Å². The molecule has 1 fully saturated rings. The zero-order valence-corrected chi connectivity index (χ0v) is 18.2. The van der Waals surface area contributed by atoms with Gasteiger partial charge in [0.15, 0.2) is 0 Å². The van der Waals surface area contributed by atoms with E-state index < -0.39 is 15.8 Å². The number of nitrogens with one attached hydrogen (secondary N) is 1. The van der Waals surface area contributed by atoms with Gasteiger partial charge in [0.05, 0.1) is 9.92 Å². The van der Waals surface area contributed by atoms with Crippen LogP contribution in [0, 0.1) is 11.7 Å². The summed E-state index contributed by atoms with van der Waals surface area (Å²) in [6.07, 6.45) is 6.34. The smallest absolute Gasteiger partial charge is 0.243 e. The van der Waals surface area contributed by atoms with Crippen molar-refractivity contribution in [2.45, 2.75) is 24.2 Å². The molecule has 1 N–H and O–H groups in total. The van der Waals surface area contributed by atoms with Crippen molar-refractivity contribution in [2.75, 3.05) is 19.6 Å². The topological polar surface area (TPSA) is 49.4 Å². The maximum atomic E-state index is 13.4. The summed E-state index contributed by atoms with van der Waals surface area (Å²) in [5.74, 6) is -0.436. The van der Waals surface area contributed by atoms with E-state index in [1.807, 2.05) is 36.5 Å². The maximum absolute atomic E-state index is 13.4. The largest absolute Gasteiger partial charge is 0.391 e. The van der Waals surface area contributed by atoms with E-state index in [4.69, 9.17) is 23.2 Å². The van der Waals surface area contributed by atoms with E-state index in [-0.39, 0.29) is 15.8 Å². The van der Waals surface area contributed by atoms with Gasteiger partial charge in [-0.15, -0.1) is 0 Å². The lowest BCUT2D eigenvalue weighted by Crippen LogP contribution is -2.42. The molecule has 1 saturated heterocycles. The molecule has 0 spiro atoms. The molecule has 1 aliphatic heterocycles. The second-order valence-electron chi connectivity index (χ2n) is 7.05. The Kier molecular flexibility index (Phi) is 7.57. The summed E-state index contributed by atoms with van der Waals surface area (Å²) in [6.45, 7) is 1.55. The van der Waals surface area contributed by atoms with Crippen LogP contribution in [0.4, 0.5) is 4.39 Å². The van der Waals surface area contributed by atoms with Crippen molar-refractivity contribution in [3.8, 4) is 0 Å². The van der Waals surface area contributed by atoms with Gasteiger partial charge in [-0.3, -0.25) is 0 Å². The number of halogens is 3. The minimum absolute atomic E-state index is 0.0251. The van der Waals surface area contributed by atoms with Gasteiger partial charge in [-0.05, 0) is 61.2 Å². The number of sulfonamides is 1. The summed E-state index contributed by atoms with van der Waals surface area (Å²) in [6, 6.07) is 11.2.